The lowest BCUT2D eigenvalue weighted by molar-refractivity contribution is -0.140. The number of hydrogen-bond donors (Lipinski definition) is 1. The number of aliphatic hydroxyl groups excluding tert-OH is 1. The topological polar surface area (TPSA) is 79.3 Å². The van der Waals surface area contributed by atoms with Gasteiger partial charge in [0.1, 0.15) is 17.3 Å². The van der Waals surface area contributed by atoms with Gasteiger partial charge >= 0.3 is 0 Å². The predicted octanol–water partition coefficient (Wildman–Crippen LogP) is 6.12. The molecule has 0 aromatic heterocycles. The van der Waals surface area contributed by atoms with Crippen molar-refractivity contribution in [1.29, 1.82) is 0 Å². The van der Waals surface area contributed by atoms with Crippen LogP contribution in [0.5, 0.6) is 11.5 Å². The van der Waals surface area contributed by atoms with Gasteiger partial charge in [0, 0.05) is 18.7 Å². The highest BCUT2D eigenvalue weighted by molar-refractivity contribution is 6.46. The number of ketones is 1. The fourth-order valence-electron chi connectivity index (χ4n) is 4.86. The lowest BCUT2D eigenvalue weighted by atomic mass is 9.94. The summed E-state index contributed by atoms with van der Waals surface area (Å²) in [7, 11) is 0. The van der Waals surface area contributed by atoms with E-state index in [1.165, 1.54) is 0 Å². The van der Waals surface area contributed by atoms with E-state index in [9.17, 15) is 14.7 Å². The molecule has 1 aliphatic heterocycles. The number of hydrogen-bond acceptors (Lipinski definition) is 6. The fraction of sp³-hybridized carbons (Fsp3) is 0.500. The number of aliphatic hydroxyl groups is 1. The molecular weight excluding hydrogens is 492 g/mol. The molecule has 0 saturated carbocycles. The number of ether oxygens (including phenoxy) is 2. The summed E-state index contributed by atoms with van der Waals surface area (Å²) >= 11 is 0. The molecule has 7 nitrogen and oxygen atoms in total. The number of rotatable bonds is 15. The van der Waals surface area contributed by atoms with Crippen LogP contribution in [0.2, 0.25) is 0 Å². The summed E-state index contributed by atoms with van der Waals surface area (Å²) in [5, 5.41) is 11.4. The first kappa shape index (κ1) is 30.2. The van der Waals surface area contributed by atoms with Crippen LogP contribution in [0, 0.1) is 6.92 Å². The number of unbranched alkanes of at least 4 members (excludes halogenated alkanes) is 2. The van der Waals surface area contributed by atoms with E-state index in [-0.39, 0.29) is 11.3 Å². The maximum absolute atomic E-state index is 13.4. The second kappa shape index (κ2) is 14.7. The Kier molecular flexibility index (Phi) is 11.4. The van der Waals surface area contributed by atoms with Crippen molar-refractivity contribution in [2.45, 2.75) is 66.3 Å². The van der Waals surface area contributed by atoms with Crippen LogP contribution in [0.3, 0.4) is 0 Å². The highest BCUT2D eigenvalue weighted by Crippen LogP contribution is 2.40. The molecule has 0 aliphatic carbocycles. The number of likely N-dealkylation sites (N-methyl/N-ethyl adjacent to an activating group) is 1. The molecule has 1 saturated heterocycles. The number of benzene rings is 2. The maximum atomic E-state index is 13.4. The van der Waals surface area contributed by atoms with Crippen molar-refractivity contribution >= 4 is 17.4 Å². The Labute approximate surface area is 233 Å². The van der Waals surface area contributed by atoms with E-state index in [1.807, 2.05) is 38.1 Å². The van der Waals surface area contributed by atoms with Crippen molar-refractivity contribution in [2.24, 2.45) is 0 Å². The molecule has 0 bridgehead atoms. The van der Waals surface area contributed by atoms with Crippen molar-refractivity contribution in [1.82, 2.24) is 9.80 Å². The Hall–Kier alpha value is -3.32. The lowest BCUT2D eigenvalue weighted by Gasteiger charge is -2.28. The number of likely N-dealkylation sites (tertiary alicyclic amines) is 1. The number of Topliss-reactive ketones (excluding diaryl/α,β-unsaturated/α-hetero) is 1. The number of nitrogens with zero attached hydrogens (tertiary/aromatic N) is 2. The second-order valence-electron chi connectivity index (χ2n) is 9.97. The minimum Gasteiger partial charge on any atom is -0.507 e. The Morgan fingerprint density at radius 3 is 2.26 bits per heavy atom. The first-order valence-corrected chi connectivity index (χ1v) is 14.3. The van der Waals surface area contributed by atoms with E-state index in [0.29, 0.717) is 31.9 Å². The van der Waals surface area contributed by atoms with Crippen LogP contribution >= 0.6 is 0 Å². The number of carbonyl (C=O) groups is 2. The van der Waals surface area contributed by atoms with Crippen molar-refractivity contribution in [3.63, 3.8) is 0 Å². The van der Waals surface area contributed by atoms with Gasteiger partial charge in [0.2, 0.25) is 0 Å². The molecule has 1 fully saturated rings. The average Bonchev–Trinajstić information content (AvgIpc) is 3.20. The highest BCUT2D eigenvalue weighted by Gasteiger charge is 2.46. The average molecular weight is 537 g/mol. The van der Waals surface area contributed by atoms with Gasteiger partial charge in [-0.3, -0.25) is 9.59 Å². The van der Waals surface area contributed by atoms with Crippen LogP contribution in [0.1, 0.15) is 76.1 Å². The molecule has 3 rings (SSSR count). The van der Waals surface area contributed by atoms with E-state index in [1.54, 1.807) is 23.1 Å². The van der Waals surface area contributed by atoms with Crippen molar-refractivity contribution in [3.8, 4) is 11.5 Å². The van der Waals surface area contributed by atoms with E-state index < -0.39 is 17.7 Å². The number of aryl methyl sites for hydroxylation is 1. The smallest absolute Gasteiger partial charge is 0.295 e. The molecule has 2 aromatic carbocycles. The van der Waals surface area contributed by atoms with Gasteiger partial charge in [-0.05, 0) is 74.3 Å². The van der Waals surface area contributed by atoms with Gasteiger partial charge in [0.25, 0.3) is 11.7 Å². The van der Waals surface area contributed by atoms with Crippen LogP contribution in [-0.2, 0) is 9.59 Å². The third-order valence-corrected chi connectivity index (χ3v) is 7.21. The van der Waals surface area contributed by atoms with Crippen molar-refractivity contribution < 1.29 is 24.2 Å². The number of carbonyl (C=O) groups excluding carboxylic acids is 2. The molecule has 1 N–H and O–H groups in total. The zero-order valence-electron chi connectivity index (χ0n) is 24.2. The first-order chi connectivity index (χ1) is 18.9. The summed E-state index contributed by atoms with van der Waals surface area (Å²) in [6.07, 6.45) is 4.12. The van der Waals surface area contributed by atoms with Crippen LogP contribution in [0.25, 0.3) is 5.76 Å². The Balaban J connectivity index is 1.99. The fourth-order valence-corrected chi connectivity index (χ4v) is 4.86. The van der Waals surface area contributed by atoms with Gasteiger partial charge in [-0.25, -0.2) is 0 Å². The van der Waals surface area contributed by atoms with Crippen molar-refractivity contribution in [2.75, 3.05) is 39.4 Å². The lowest BCUT2D eigenvalue weighted by Crippen LogP contribution is -2.38. The summed E-state index contributed by atoms with van der Waals surface area (Å²) in [4.78, 5) is 30.5. The molecule has 212 valence electrons. The quantitative estimate of drug-likeness (QED) is 0.128. The molecule has 39 heavy (non-hydrogen) atoms. The molecule has 2 aromatic rings. The summed E-state index contributed by atoms with van der Waals surface area (Å²) in [6.45, 7) is 14.2. The zero-order valence-corrected chi connectivity index (χ0v) is 24.2. The van der Waals surface area contributed by atoms with Gasteiger partial charge in [0.15, 0.2) is 0 Å². The molecule has 1 amide bonds. The van der Waals surface area contributed by atoms with Crippen molar-refractivity contribution in [3.05, 3.63) is 64.7 Å². The summed E-state index contributed by atoms with van der Waals surface area (Å²) in [6, 6.07) is 12.2. The zero-order chi connectivity index (χ0) is 28.4. The van der Waals surface area contributed by atoms with Gasteiger partial charge in [0.05, 0.1) is 24.8 Å². The molecular formula is C32H44N2O5. The SMILES string of the molecule is CCCCCOc1ccc(C2/C(=C(\O)c3ccc(OCCC)c(C)c3)C(=O)C(=O)N2CCN(CC)CC)cc1. The van der Waals surface area contributed by atoms with Crippen LogP contribution in [0.4, 0.5) is 0 Å². The summed E-state index contributed by atoms with van der Waals surface area (Å²) < 4.78 is 11.6. The normalized spacial score (nSPS) is 16.8. The van der Waals surface area contributed by atoms with Crippen LogP contribution < -0.4 is 9.47 Å². The predicted molar refractivity (Wildman–Crippen MR) is 155 cm³/mol. The first-order valence-electron chi connectivity index (χ1n) is 14.3. The molecule has 0 radical (unpaired) electrons. The summed E-state index contributed by atoms with van der Waals surface area (Å²) in [5.41, 5.74) is 2.21. The maximum Gasteiger partial charge on any atom is 0.295 e. The van der Waals surface area contributed by atoms with Crippen LogP contribution in [0.15, 0.2) is 48.0 Å². The monoisotopic (exact) mass is 536 g/mol. The highest BCUT2D eigenvalue weighted by atomic mass is 16.5. The Bertz CT molecular complexity index is 1140. The van der Waals surface area contributed by atoms with E-state index >= 15 is 0 Å². The minimum absolute atomic E-state index is 0.109. The Morgan fingerprint density at radius 1 is 0.923 bits per heavy atom. The van der Waals surface area contributed by atoms with Gasteiger partial charge in [-0.1, -0.05) is 52.7 Å². The van der Waals surface area contributed by atoms with Gasteiger partial charge in [-0.2, -0.15) is 0 Å². The van der Waals surface area contributed by atoms with Crippen LogP contribution in [-0.4, -0.2) is 66.0 Å². The molecule has 7 heteroatoms. The third kappa shape index (κ3) is 7.41. The largest absolute Gasteiger partial charge is 0.507 e. The molecule has 1 unspecified atom stereocenters. The van der Waals surface area contributed by atoms with Gasteiger partial charge in [-0.15, -0.1) is 0 Å². The molecule has 1 atom stereocenters. The molecule has 1 heterocycles. The van der Waals surface area contributed by atoms with E-state index in [4.69, 9.17) is 9.47 Å². The van der Waals surface area contributed by atoms with Gasteiger partial charge < -0.3 is 24.4 Å². The standard InChI is InChI=1S/C32H44N2O5/c1-6-10-11-21-38-26-15-12-24(13-16-26)29-28(31(36)32(37)34(29)19-18-33(8-3)9-4)30(35)25-14-17-27(23(5)22-25)39-20-7-2/h12-17,22,29,35H,6-11,18-21H2,1-5H3/b30-28+. The summed E-state index contributed by atoms with van der Waals surface area (Å²) in [5.74, 6) is 0.0511. The third-order valence-electron chi connectivity index (χ3n) is 7.21. The molecule has 0 spiro atoms. The second-order valence-corrected chi connectivity index (χ2v) is 9.97. The Morgan fingerprint density at radius 2 is 1.64 bits per heavy atom. The van der Waals surface area contributed by atoms with E-state index in [0.717, 1.165) is 61.4 Å². The minimum atomic E-state index is -0.689. The van der Waals surface area contributed by atoms with E-state index in [2.05, 4.69) is 25.7 Å². The molecule has 1 aliphatic rings. The number of amides is 1.